The van der Waals surface area contributed by atoms with E-state index < -0.39 is 10.0 Å². The summed E-state index contributed by atoms with van der Waals surface area (Å²) in [6.07, 6.45) is 4.97. The number of fused-ring (bicyclic) bond motifs is 1. The zero-order valence-electron chi connectivity index (χ0n) is 17.9. The first-order chi connectivity index (χ1) is 15.5. The Hall–Kier alpha value is -3.30. The van der Waals surface area contributed by atoms with E-state index in [9.17, 15) is 8.42 Å². The van der Waals surface area contributed by atoms with Crippen LogP contribution in [0.5, 0.6) is 5.75 Å². The van der Waals surface area contributed by atoms with Crippen molar-refractivity contribution in [2.45, 2.75) is 24.7 Å². The molecule has 1 fully saturated rings. The van der Waals surface area contributed by atoms with Crippen LogP contribution < -0.4 is 4.74 Å². The van der Waals surface area contributed by atoms with Gasteiger partial charge in [0.25, 0.3) is 0 Å². The van der Waals surface area contributed by atoms with Crippen LogP contribution in [0.3, 0.4) is 0 Å². The van der Waals surface area contributed by atoms with Crippen LogP contribution in [0.25, 0.3) is 22.3 Å². The zero-order chi connectivity index (χ0) is 22.3. The second-order valence-corrected chi connectivity index (χ2v) is 9.73. The third kappa shape index (κ3) is 3.85. The molecule has 3 aromatic heterocycles. The lowest BCUT2D eigenvalue weighted by atomic mass is 10.0. The van der Waals surface area contributed by atoms with Gasteiger partial charge in [0.1, 0.15) is 11.6 Å². The number of ether oxygens (including phenoxy) is 1. The van der Waals surface area contributed by atoms with E-state index in [0.29, 0.717) is 30.1 Å². The number of benzene rings is 1. The molecule has 32 heavy (non-hydrogen) atoms. The lowest BCUT2D eigenvalue weighted by Gasteiger charge is -2.08. The molecule has 9 heteroatoms. The fourth-order valence-electron chi connectivity index (χ4n) is 3.74. The highest BCUT2D eigenvalue weighted by Gasteiger charge is 2.33. The van der Waals surface area contributed by atoms with Crippen LogP contribution in [0.4, 0.5) is 0 Å². The maximum atomic E-state index is 12.4. The van der Waals surface area contributed by atoms with Gasteiger partial charge in [-0.25, -0.2) is 18.4 Å². The Morgan fingerprint density at radius 2 is 1.88 bits per heavy atom. The summed E-state index contributed by atoms with van der Waals surface area (Å²) in [6.45, 7) is 3.21. The molecule has 5 rings (SSSR count). The van der Waals surface area contributed by atoms with E-state index in [0.717, 1.165) is 45.9 Å². The first-order valence-electron chi connectivity index (χ1n) is 10.4. The van der Waals surface area contributed by atoms with Crippen molar-refractivity contribution >= 4 is 21.2 Å². The second-order valence-electron chi connectivity index (χ2n) is 7.79. The Bertz CT molecular complexity index is 1390. The van der Waals surface area contributed by atoms with Crippen LogP contribution in [-0.2, 0) is 22.9 Å². The second kappa shape index (κ2) is 7.99. The normalized spacial score (nSPS) is 14.1. The van der Waals surface area contributed by atoms with Crippen molar-refractivity contribution in [2.75, 3.05) is 20.2 Å². The van der Waals surface area contributed by atoms with Crippen molar-refractivity contribution in [3.05, 3.63) is 65.9 Å². The van der Waals surface area contributed by atoms with Gasteiger partial charge in [-0.05, 0) is 42.7 Å². The van der Waals surface area contributed by atoms with Gasteiger partial charge in [0.15, 0.2) is 5.65 Å². The van der Waals surface area contributed by atoms with E-state index in [2.05, 4.69) is 19.9 Å². The quantitative estimate of drug-likeness (QED) is 0.435. The SMILES string of the molecule is COc1ccnc(CCc2nc3ncc(-c4ccc(S(=O)(=O)N5CC5)cc4)c(C)c3[nH]2)c1. The Balaban J connectivity index is 1.39. The first-order valence-corrected chi connectivity index (χ1v) is 11.8. The number of rotatable bonds is 7. The van der Waals surface area contributed by atoms with E-state index in [1.807, 2.05) is 31.2 Å². The molecule has 1 aromatic carbocycles. The number of H-pyrrole nitrogens is 1. The number of hydrogen-bond acceptors (Lipinski definition) is 6. The molecule has 8 nitrogen and oxygen atoms in total. The van der Waals surface area contributed by atoms with Gasteiger partial charge in [-0.15, -0.1) is 0 Å². The summed E-state index contributed by atoms with van der Waals surface area (Å²) in [4.78, 5) is 17.3. The molecule has 0 aliphatic carbocycles. The standard InChI is InChI=1S/C23H23N5O3S/c1-15-20(16-3-6-19(7-4-16)32(29,30)28-11-12-28)14-25-23-22(15)26-21(27-23)8-5-17-13-18(31-2)9-10-24-17/h3-4,6-7,9-10,13-14H,5,8,11-12H2,1-2H3,(H,25,26,27). The van der Waals surface area contributed by atoms with Crippen molar-refractivity contribution in [1.29, 1.82) is 0 Å². The fourth-order valence-corrected chi connectivity index (χ4v) is 5.08. The number of aromatic amines is 1. The van der Waals surface area contributed by atoms with E-state index in [1.54, 1.807) is 31.6 Å². The van der Waals surface area contributed by atoms with Crippen LogP contribution in [0, 0.1) is 6.92 Å². The van der Waals surface area contributed by atoms with Crippen molar-refractivity contribution in [1.82, 2.24) is 24.2 Å². The van der Waals surface area contributed by atoms with Gasteiger partial charge in [0, 0.05) is 49.2 Å². The minimum atomic E-state index is -3.35. The summed E-state index contributed by atoms with van der Waals surface area (Å²) in [6, 6.07) is 10.7. The summed E-state index contributed by atoms with van der Waals surface area (Å²) in [5.74, 6) is 1.63. The number of aromatic nitrogens is 4. The zero-order valence-corrected chi connectivity index (χ0v) is 18.7. The van der Waals surface area contributed by atoms with Gasteiger partial charge in [-0.1, -0.05) is 12.1 Å². The molecule has 1 aliphatic rings. The molecule has 0 spiro atoms. The molecular weight excluding hydrogens is 426 g/mol. The highest BCUT2D eigenvalue weighted by molar-refractivity contribution is 7.89. The van der Waals surface area contributed by atoms with Gasteiger partial charge in [0.2, 0.25) is 10.0 Å². The van der Waals surface area contributed by atoms with Gasteiger partial charge in [-0.2, -0.15) is 4.31 Å². The third-order valence-corrected chi connectivity index (χ3v) is 7.59. The first kappa shape index (κ1) is 20.6. The van der Waals surface area contributed by atoms with Gasteiger partial charge >= 0.3 is 0 Å². The Kier molecular flexibility index (Phi) is 5.15. The molecule has 4 heterocycles. The van der Waals surface area contributed by atoms with Crippen LogP contribution >= 0.6 is 0 Å². The Morgan fingerprint density at radius 3 is 2.59 bits per heavy atom. The Labute approximate surface area is 186 Å². The number of methoxy groups -OCH3 is 1. The molecule has 0 atom stereocenters. The number of hydrogen-bond donors (Lipinski definition) is 1. The van der Waals surface area contributed by atoms with Gasteiger partial charge < -0.3 is 9.72 Å². The number of aryl methyl sites for hydroxylation is 3. The molecule has 164 valence electrons. The van der Waals surface area contributed by atoms with Crippen molar-refractivity contribution in [3.8, 4) is 16.9 Å². The summed E-state index contributed by atoms with van der Waals surface area (Å²) in [7, 11) is -1.71. The van der Waals surface area contributed by atoms with E-state index in [4.69, 9.17) is 4.74 Å². The van der Waals surface area contributed by atoms with Crippen LogP contribution in [0.15, 0.2) is 53.7 Å². The predicted molar refractivity (Wildman–Crippen MR) is 121 cm³/mol. The third-order valence-electron chi connectivity index (χ3n) is 5.68. The Morgan fingerprint density at radius 1 is 1.09 bits per heavy atom. The number of imidazole rings is 1. The van der Waals surface area contributed by atoms with Crippen molar-refractivity contribution in [2.24, 2.45) is 0 Å². The highest BCUT2D eigenvalue weighted by Crippen LogP contribution is 2.29. The highest BCUT2D eigenvalue weighted by atomic mass is 32.2. The molecule has 0 bridgehead atoms. The number of sulfonamides is 1. The van der Waals surface area contributed by atoms with Crippen molar-refractivity contribution in [3.63, 3.8) is 0 Å². The van der Waals surface area contributed by atoms with Crippen LogP contribution in [0.2, 0.25) is 0 Å². The topological polar surface area (TPSA) is 101 Å². The molecule has 1 saturated heterocycles. The molecule has 0 amide bonds. The molecule has 0 radical (unpaired) electrons. The van der Waals surface area contributed by atoms with E-state index in [-0.39, 0.29) is 0 Å². The minimum absolute atomic E-state index is 0.320. The van der Waals surface area contributed by atoms with Crippen LogP contribution in [-0.4, -0.2) is 52.9 Å². The van der Waals surface area contributed by atoms with E-state index in [1.165, 1.54) is 4.31 Å². The molecule has 0 unspecified atom stereocenters. The molecule has 1 N–H and O–H groups in total. The lowest BCUT2D eigenvalue weighted by molar-refractivity contribution is 0.413. The smallest absolute Gasteiger partial charge is 0.243 e. The molecule has 1 aliphatic heterocycles. The predicted octanol–water partition coefficient (Wildman–Crippen LogP) is 3.13. The lowest BCUT2D eigenvalue weighted by Crippen LogP contribution is -2.11. The molecular formula is C23H23N5O3S. The van der Waals surface area contributed by atoms with Crippen LogP contribution in [0.1, 0.15) is 17.1 Å². The summed E-state index contributed by atoms with van der Waals surface area (Å²) in [5.41, 5.74) is 5.37. The summed E-state index contributed by atoms with van der Waals surface area (Å²) in [5, 5.41) is 0. The maximum Gasteiger partial charge on any atom is 0.243 e. The number of nitrogens with zero attached hydrogens (tertiary/aromatic N) is 4. The summed E-state index contributed by atoms with van der Waals surface area (Å²) >= 11 is 0. The van der Waals surface area contributed by atoms with Gasteiger partial charge in [-0.3, -0.25) is 4.98 Å². The maximum absolute atomic E-state index is 12.4. The average molecular weight is 450 g/mol. The largest absolute Gasteiger partial charge is 0.497 e. The minimum Gasteiger partial charge on any atom is -0.497 e. The number of nitrogens with one attached hydrogen (secondary N) is 1. The fraction of sp³-hybridized carbons (Fsp3) is 0.261. The monoisotopic (exact) mass is 449 g/mol. The van der Waals surface area contributed by atoms with Crippen molar-refractivity contribution < 1.29 is 13.2 Å². The van der Waals surface area contributed by atoms with E-state index >= 15 is 0 Å². The summed E-state index contributed by atoms with van der Waals surface area (Å²) < 4.78 is 31.5. The van der Waals surface area contributed by atoms with Gasteiger partial charge in [0.05, 0.1) is 17.5 Å². The number of pyridine rings is 2. The molecule has 4 aromatic rings. The molecule has 0 saturated carbocycles. The average Bonchev–Trinajstić information content (AvgIpc) is 3.59.